The zero-order valence-electron chi connectivity index (χ0n) is 14.7. The number of rotatable bonds is 5. The van der Waals surface area contributed by atoms with E-state index in [0.29, 0.717) is 31.0 Å². The lowest BCUT2D eigenvalue weighted by molar-refractivity contribution is -0.145. The monoisotopic (exact) mass is 365 g/mol. The Bertz CT molecular complexity index is 668. The molecule has 1 N–H and O–H groups in total. The van der Waals surface area contributed by atoms with Gasteiger partial charge in [-0.15, -0.1) is 0 Å². The molecule has 1 aliphatic carbocycles. The second-order valence-electron chi connectivity index (χ2n) is 6.69. The van der Waals surface area contributed by atoms with Gasteiger partial charge in [-0.25, -0.2) is 0 Å². The van der Waals surface area contributed by atoms with Crippen molar-refractivity contribution in [2.45, 2.75) is 19.4 Å². The number of ether oxygens (including phenoxy) is 1. The average molecular weight is 366 g/mol. The van der Waals surface area contributed by atoms with Crippen LogP contribution in [0.1, 0.15) is 18.4 Å². The SMILES string of the molecule is CNC(=O)C1(C(=O)N2CCN(Cc3cc(Cl)ccc3OC)CC2)CC1. The normalized spacial score (nSPS) is 19.4. The molecule has 1 heterocycles. The van der Waals surface area contributed by atoms with Crippen molar-refractivity contribution >= 4 is 23.4 Å². The first kappa shape index (κ1) is 18.0. The molecule has 136 valence electrons. The van der Waals surface area contributed by atoms with E-state index in [0.717, 1.165) is 30.9 Å². The molecule has 7 heteroatoms. The molecule has 0 atom stereocenters. The summed E-state index contributed by atoms with van der Waals surface area (Å²) in [6, 6.07) is 5.61. The maximum Gasteiger partial charge on any atom is 0.238 e. The molecule has 0 aromatic heterocycles. The lowest BCUT2D eigenvalue weighted by Crippen LogP contribution is -2.52. The molecule has 25 heavy (non-hydrogen) atoms. The Labute approximate surface area is 153 Å². The van der Waals surface area contributed by atoms with Gasteiger partial charge in [-0.05, 0) is 31.0 Å². The second-order valence-corrected chi connectivity index (χ2v) is 7.12. The summed E-state index contributed by atoms with van der Waals surface area (Å²) < 4.78 is 5.40. The number of amides is 2. The lowest BCUT2D eigenvalue weighted by atomic mass is 10.0. The van der Waals surface area contributed by atoms with Crippen LogP contribution >= 0.6 is 11.6 Å². The number of carbonyl (C=O) groups excluding carboxylic acids is 2. The van der Waals surface area contributed by atoms with Crippen LogP contribution in [0.5, 0.6) is 5.75 Å². The minimum Gasteiger partial charge on any atom is -0.496 e. The largest absolute Gasteiger partial charge is 0.496 e. The van der Waals surface area contributed by atoms with E-state index in [-0.39, 0.29) is 11.8 Å². The van der Waals surface area contributed by atoms with E-state index in [1.165, 1.54) is 0 Å². The summed E-state index contributed by atoms with van der Waals surface area (Å²) in [5, 5.41) is 3.31. The van der Waals surface area contributed by atoms with Crippen LogP contribution in [0, 0.1) is 5.41 Å². The maximum atomic E-state index is 12.7. The number of hydrogen-bond donors (Lipinski definition) is 1. The highest BCUT2D eigenvalue weighted by molar-refractivity contribution is 6.30. The molecular weight excluding hydrogens is 342 g/mol. The van der Waals surface area contributed by atoms with Crippen LogP contribution in [0.4, 0.5) is 0 Å². The summed E-state index contributed by atoms with van der Waals surface area (Å²) in [6.07, 6.45) is 1.32. The van der Waals surface area contributed by atoms with Crippen molar-refractivity contribution in [3.05, 3.63) is 28.8 Å². The highest BCUT2D eigenvalue weighted by Crippen LogP contribution is 2.47. The highest BCUT2D eigenvalue weighted by atomic mass is 35.5. The fourth-order valence-corrected chi connectivity index (χ4v) is 3.62. The molecule has 1 aromatic carbocycles. The molecule has 2 fully saturated rings. The topological polar surface area (TPSA) is 61.9 Å². The second kappa shape index (κ2) is 7.22. The average Bonchev–Trinajstić information content (AvgIpc) is 3.43. The fraction of sp³-hybridized carbons (Fsp3) is 0.556. The number of nitrogens with zero attached hydrogens (tertiary/aromatic N) is 2. The van der Waals surface area contributed by atoms with Gasteiger partial charge in [0.15, 0.2) is 0 Å². The summed E-state index contributed by atoms with van der Waals surface area (Å²) in [5.41, 5.74) is 0.242. The molecule has 2 amide bonds. The quantitative estimate of drug-likeness (QED) is 0.804. The van der Waals surface area contributed by atoms with Gasteiger partial charge in [-0.3, -0.25) is 14.5 Å². The third kappa shape index (κ3) is 3.60. The number of methoxy groups -OCH3 is 1. The van der Waals surface area contributed by atoms with E-state index in [1.54, 1.807) is 14.2 Å². The van der Waals surface area contributed by atoms with Gasteiger partial charge in [0.05, 0.1) is 7.11 Å². The molecular formula is C18H24ClN3O3. The van der Waals surface area contributed by atoms with Crippen molar-refractivity contribution in [2.75, 3.05) is 40.3 Å². The Kier molecular flexibility index (Phi) is 5.20. The van der Waals surface area contributed by atoms with Gasteiger partial charge in [-0.2, -0.15) is 0 Å². The van der Waals surface area contributed by atoms with E-state index in [9.17, 15) is 9.59 Å². The molecule has 6 nitrogen and oxygen atoms in total. The zero-order chi connectivity index (χ0) is 18.0. The zero-order valence-corrected chi connectivity index (χ0v) is 15.4. The van der Waals surface area contributed by atoms with Gasteiger partial charge in [-0.1, -0.05) is 11.6 Å². The smallest absolute Gasteiger partial charge is 0.238 e. The third-order valence-electron chi connectivity index (χ3n) is 5.12. The van der Waals surface area contributed by atoms with Crippen LogP contribution in [0.25, 0.3) is 0 Å². The molecule has 0 radical (unpaired) electrons. The number of piperazine rings is 1. The van der Waals surface area contributed by atoms with Crippen LogP contribution in [0.2, 0.25) is 5.02 Å². The van der Waals surface area contributed by atoms with Gasteiger partial charge in [0, 0.05) is 50.4 Å². The van der Waals surface area contributed by atoms with E-state index >= 15 is 0 Å². The van der Waals surface area contributed by atoms with Gasteiger partial charge in [0.1, 0.15) is 11.2 Å². The summed E-state index contributed by atoms with van der Waals surface area (Å²) in [7, 11) is 3.24. The first-order valence-corrected chi connectivity index (χ1v) is 8.94. The Hall–Kier alpha value is -1.79. The third-order valence-corrected chi connectivity index (χ3v) is 5.35. The van der Waals surface area contributed by atoms with E-state index < -0.39 is 5.41 Å². The highest BCUT2D eigenvalue weighted by Gasteiger charge is 2.57. The van der Waals surface area contributed by atoms with Crippen molar-refractivity contribution in [1.82, 2.24) is 15.1 Å². The van der Waals surface area contributed by atoms with Crippen molar-refractivity contribution in [3.63, 3.8) is 0 Å². The van der Waals surface area contributed by atoms with Crippen molar-refractivity contribution < 1.29 is 14.3 Å². The number of nitrogens with one attached hydrogen (secondary N) is 1. The van der Waals surface area contributed by atoms with Gasteiger partial charge >= 0.3 is 0 Å². The molecule has 0 unspecified atom stereocenters. The fourth-order valence-electron chi connectivity index (χ4n) is 3.43. The number of hydrogen-bond acceptors (Lipinski definition) is 4. The number of carbonyl (C=O) groups is 2. The maximum absolute atomic E-state index is 12.7. The van der Waals surface area contributed by atoms with Crippen molar-refractivity contribution in [2.24, 2.45) is 5.41 Å². The molecule has 1 aliphatic heterocycles. The predicted molar refractivity (Wildman–Crippen MR) is 95.6 cm³/mol. The first-order valence-electron chi connectivity index (χ1n) is 8.56. The Balaban J connectivity index is 1.59. The molecule has 2 aliphatic rings. The van der Waals surface area contributed by atoms with Crippen molar-refractivity contribution in [3.8, 4) is 5.75 Å². The molecule has 1 aromatic rings. The minimum absolute atomic E-state index is 0.0214. The van der Waals surface area contributed by atoms with E-state index in [1.807, 2.05) is 23.1 Å². The van der Waals surface area contributed by atoms with Crippen LogP contribution in [0.3, 0.4) is 0 Å². The lowest BCUT2D eigenvalue weighted by Gasteiger charge is -2.36. The van der Waals surface area contributed by atoms with Gasteiger partial charge in [0.2, 0.25) is 11.8 Å². The predicted octanol–water partition coefficient (Wildman–Crippen LogP) is 1.52. The molecule has 1 saturated heterocycles. The summed E-state index contributed by atoms with van der Waals surface area (Å²) in [6.45, 7) is 3.55. The summed E-state index contributed by atoms with van der Waals surface area (Å²) in [4.78, 5) is 28.8. The molecule has 1 saturated carbocycles. The molecule has 0 bridgehead atoms. The number of halogens is 1. The van der Waals surface area contributed by atoms with Gasteiger partial charge in [0.25, 0.3) is 0 Å². The molecule has 3 rings (SSSR count). The number of benzene rings is 1. The van der Waals surface area contributed by atoms with Crippen LogP contribution in [-0.4, -0.2) is 62.0 Å². The van der Waals surface area contributed by atoms with E-state index in [4.69, 9.17) is 16.3 Å². The van der Waals surface area contributed by atoms with Crippen molar-refractivity contribution in [1.29, 1.82) is 0 Å². The standard InChI is InChI=1S/C18H24ClN3O3/c1-20-16(23)18(5-6-18)17(24)22-9-7-21(8-10-22)12-13-11-14(19)3-4-15(13)25-2/h3-4,11H,5-10,12H2,1-2H3,(H,20,23). The first-order chi connectivity index (χ1) is 12.0. The Morgan fingerprint density at radius 3 is 2.48 bits per heavy atom. The van der Waals surface area contributed by atoms with E-state index in [2.05, 4.69) is 10.2 Å². The van der Waals surface area contributed by atoms with Crippen LogP contribution < -0.4 is 10.1 Å². The minimum atomic E-state index is -0.799. The van der Waals surface area contributed by atoms with Crippen LogP contribution in [0.15, 0.2) is 18.2 Å². The summed E-state index contributed by atoms with van der Waals surface area (Å²) >= 11 is 6.09. The Morgan fingerprint density at radius 1 is 1.24 bits per heavy atom. The van der Waals surface area contributed by atoms with Crippen LogP contribution in [-0.2, 0) is 16.1 Å². The van der Waals surface area contributed by atoms with Gasteiger partial charge < -0.3 is 15.0 Å². The molecule has 0 spiro atoms. The summed E-state index contributed by atoms with van der Waals surface area (Å²) in [5.74, 6) is 0.648. The Morgan fingerprint density at radius 2 is 1.92 bits per heavy atom.